The smallest absolute Gasteiger partial charge is 0.0576 e. The standard InChI is InChI=1S/C13H28N2O/c1-14-12(9-10-15(2)3)6-4-7-13-8-5-11-16-13/h12-14H,4-11H2,1-3H3. The molecule has 1 aliphatic heterocycles. The summed E-state index contributed by atoms with van der Waals surface area (Å²) in [5.74, 6) is 0. The topological polar surface area (TPSA) is 24.5 Å². The van der Waals surface area contributed by atoms with Crippen molar-refractivity contribution >= 4 is 0 Å². The van der Waals surface area contributed by atoms with E-state index >= 15 is 0 Å². The third kappa shape index (κ3) is 5.83. The van der Waals surface area contributed by atoms with Crippen LogP contribution in [0.1, 0.15) is 38.5 Å². The Morgan fingerprint density at radius 2 is 2.19 bits per heavy atom. The third-order valence-corrected chi connectivity index (χ3v) is 3.44. The maximum atomic E-state index is 5.64. The molecule has 1 aliphatic rings. The minimum Gasteiger partial charge on any atom is -0.378 e. The van der Waals surface area contributed by atoms with Crippen LogP contribution in [-0.4, -0.2) is 51.3 Å². The largest absolute Gasteiger partial charge is 0.378 e. The summed E-state index contributed by atoms with van der Waals surface area (Å²) in [6.07, 6.45) is 8.18. The van der Waals surface area contributed by atoms with Gasteiger partial charge < -0.3 is 15.0 Å². The van der Waals surface area contributed by atoms with E-state index in [9.17, 15) is 0 Å². The van der Waals surface area contributed by atoms with Crippen molar-refractivity contribution in [3.63, 3.8) is 0 Å². The highest BCUT2D eigenvalue weighted by atomic mass is 16.5. The highest BCUT2D eigenvalue weighted by Gasteiger charge is 2.15. The normalized spacial score (nSPS) is 22.9. The summed E-state index contributed by atoms with van der Waals surface area (Å²) in [6.45, 7) is 2.16. The van der Waals surface area contributed by atoms with Crippen LogP contribution in [0.4, 0.5) is 0 Å². The summed E-state index contributed by atoms with van der Waals surface area (Å²) < 4.78 is 5.64. The Bertz CT molecular complexity index is 167. The van der Waals surface area contributed by atoms with Crippen LogP contribution >= 0.6 is 0 Å². The van der Waals surface area contributed by atoms with E-state index in [1.54, 1.807) is 0 Å². The van der Waals surface area contributed by atoms with Gasteiger partial charge in [-0.25, -0.2) is 0 Å². The number of nitrogens with one attached hydrogen (secondary N) is 1. The Kier molecular flexibility index (Phi) is 7.01. The number of hydrogen-bond donors (Lipinski definition) is 1. The van der Waals surface area contributed by atoms with Gasteiger partial charge in [0.2, 0.25) is 0 Å². The second kappa shape index (κ2) is 8.04. The van der Waals surface area contributed by atoms with Crippen molar-refractivity contribution in [3.05, 3.63) is 0 Å². The van der Waals surface area contributed by atoms with Crippen LogP contribution in [0.3, 0.4) is 0 Å². The molecule has 2 unspecified atom stereocenters. The van der Waals surface area contributed by atoms with Gasteiger partial charge in [-0.15, -0.1) is 0 Å². The summed E-state index contributed by atoms with van der Waals surface area (Å²) in [5.41, 5.74) is 0. The molecule has 96 valence electrons. The van der Waals surface area contributed by atoms with E-state index in [2.05, 4.69) is 31.4 Å². The summed E-state index contributed by atoms with van der Waals surface area (Å²) in [6, 6.07) is 0.670. The molecule has 0 amide bonds. The molecule has 0 radical (unpaired) electrons. The average Bonchev–Trinajstić information content (AvgIpc) is 2.75. The molecule has 0 saturated carbocycles. The van der Waals surface area contributed by atoms with Crippen molar-refractivity contribution in [3.8, 4) is 0 Å². The molecule has 0 aromatic rings. The van der Waals surface area contributed by atoms with Gasteiger partial charge in [-0.05, 0) is 66.2 Å². The van der Waals surface area contributed by atoms with Gasteiger partial charge in [0.1, 0.15) is 0 Å². The van der Waals surface area contributed by atoms with E-state index in [1.165, 1.54) is 45.1 Å². The lowest BCUT2D eigenvalue weighted by Gasteiger charge is -2.19. The zero-order chi connectivity index (χ0) is 11.8. The molecule has 0 aromatic carbocycles. The molecule has 1 rings (SSSR count). The van der Waals surface area contributed by atoms with E-state index in [0.717, 1.165) is 6.61 Å². The molecule has 1 saturated heterocycles. The van der Waals surface area contributed by atoms with Crippen molar-refractivity contribution < 1.29 is 4.74 Å². The molecule has 3 nitrogen and oxygen atoms in total. The van der Waals surface area contributed by atoms with Crippen LogP contribution in [0, 0.1) is 0 Å². The molecular weight excluding hydrogens is 200 g/mol. The van der Waals surface area contributed by atoms with Crippen LogP contribution in [0.2, 0.25) is 0 Å². The first-order valence-electron chi connectivity index (χ1n) is 6.66. The van der Waals surface area contributed by atoms with Crippen LogP contribution in [0.25, 0.3) is 0 Å². The van der Waals surface area contributed by atoms with Gasteiger partial charge in [0.25, 0.3) is 0 Å². The van der Waals surface area contributed by atoms with Crippen molar-refractivity contribution in [1.82, 2.24) is 10.2 Å². The van der Waals surface area contributed by atoms with E-state index in [1.807, 2.05) is 0 Å². The average molecular weight is 228 g/mol. The molecule has 16 heavy (non-hydrogen) atoms. The van der Waals surface area contributed by atoms with E-state index in [-0.39, 0.29) is 0 Å². The lowest BCUT2D eigenvalue weighted by Crippen LogP contribution is -2.29. The number of hydrogen-bond acceptors (Lipinski definition) is 3. The first-order valence-corrected chi connectivity index (χ1v) is 6.66. The molecule has 0 aromatic heterocycles. The minimum absolute atomic E-state index is 0.561. The SMILES string of the molecule is CNC(CCCC1CCCO1)CCN(C)C. The van der Waals surface area contributed by atoms with Crippen LogP contribution in [0.15, 0.2) is 0 Å². The number of rotatable bonds is 8. The van der Waals surface area contributed by atoms with Crippen molar-refractivity contribution in [2.75, 3.05) is 34.3 Å². The Morgan fingerprint density at radius 3 is 2.75 bits per heavy atom. The molecule has 2 atom stereocenters. The Hall–Kier alpha value is -0.120. The van der Waals surface area contributed by atoms with Crippen molar-refractivity contribution in [2.45, 2.75) is 50.7 Å². The van der Waals surface area contributed by atoms with Gasteiger partial charge in [0, 0.05) is 12.6 Å². The molecule has 1 fully saturated rings. The summed E-state index contributed by atoms with van der Waals surface area (Å²) in [7, 11) is 6.35. The van der Waals surface area contributed by atoms with Crippen LogP contribution < -0.4 is 5.32 Å². The molecular formula is C13H28N2O. The van der Waals surface area contributed by atoms with Gasteiger partial charge in [-0.1, -0.05) is 0 Å². The van der Waals surface area contributed by atoms with E-state index in [0.29, 0.717) is 12.1 Å². The van der Waals surface area contributed by atoms with Gasteiger partial charge in [0.05, 0.1) is 6.10 Å². The number of nitrogens with zero attached hydrogens (tertiary/aromatic N) is 1. The minimum atomic E-state index is 0.561. The maximum Gasteiger partial charge on any atom is 0.0576 e. The van der Waals surface area contributed by atoms with Gasteiger partial charge in [0.15, 0.2) is 0 Å². The van der Waals surface area contributed by atoms with Gasteiger partial charge in [-0.3, -0.25) is 0 Å². The zero-order valence-corrected chi connectivity index (χ0v) is 11.2. The molecule has 1 heterocycles. The fourth-order valence-corrected chi connectivity index (χ4v) is 2.31. The summed E-state index contributed by atoms with van der Waals surface area (Å²) >= 11 is 0. The molecule has 0 spiro atoms. The van der Waals surface area contributed by atoms with E-state index in [4.69, 9.17) is 4.74 Å². The van der Waals surface area contributed by atoms with Gasteiger partial charge >= 0.3 is 0 Å². The monoisotopic (exact) mass is 228 g/mol. The maximum absolute atomic E-state index is 5.64. The number of ether oxygens (including phenoxy) is 1. The van der Waals surface area contributed by atoms with Crippen molar-refractivity contribution in [2.24, 2.45) is 0 Å². The third-order valence-electron chi connectivity index (χ3n) is 3.44. The molecule has 0 bridgehead atoms. The quantitative estimate of drug-likeness (QED) is 0.686. The highest BCUT2D eigenvalue weighted by Crippen LogP contribution is 2.18. The first-order chi connectivity index (χ1) is 7.72. The second-order valence-electron chi connectivity index (χ2n) is 5.14. The zero-order valence-electron chi connectivity index (χ0n) is 11.2. The molecule has 3 heteroatoms. The van der Waals surface area contributed by atoms with Crippen molar-refractivity contribution in [1.29, 1.82) is 0 Å². The van der Waals surface area contributed by atoms with Crippen LogP contribution in [-0.2, 0) is 4.74 Å². The highest BCUT2D eigenvalue weighted by molar-refractivity contribution is 4.69. The second-order valence-corrected chi connectivity index (χ2v) is 5.14. The summed E-state index contributed by atoms with van der Waals surface area (Å²) in [4.78, 5) is 2.25. The fourth-order valence-electron chi connectivity index (χ4n) is 2.31. The molecule has 1 N–H and O–H groups in total. The lowest BCUT2D eigenvalue weighted by atomic mass is 10.0. The predicted octanol–water partition coefficient (Wildman–Crippen LogP) is 1.88. The summed E-state index contributed by atoms with van der Waals surface area (Å²) in [5, 5.41) is 3.42. The Labute approximate surface area is 101 Å². The van der Waals surface area contributed by atoms with E-state index < -0.39 is 0 Å². The first kappa shape index (κ1) is 13.9. The van der Waals surface area contributed by atoms with Crippen LogP contribution in [0.5, 0.6) is 0 Å². The molecule has 0 aliphatic carbocycles. The van der Waals surface area contributed by atoms with Gasteiger partial charge in [-0.2, -0.15) is 0 Å². The Morgan fingerprint density at radius 1 is 1.38 bits per heavy atom. The fraction of sp³-hybridized carbons (Fsp3) is 1.00. The lowest BCUT2D eigenvalue weighted by molar-refractivity contribution is 0.101. The predicted molar refractivity (Wildman–Crippen MR) is 68.8 cm³/mol. The Balaban J connectivity index is 2.03.